The van der Waals surface area contributed by atoms with Gasteiger partial charge in [-0.2, -0.15) is 0 Å². The normalized spacial score (nSPS) is 11.7. The van der Waals surface area contributed by atoms with Gasteiger partial charge in [-0.15, -0.1) is 0 Å². The Kier molecular flexibility index (Phi) is 3.69. The van der Waals surface area contributed by atoms with E-state index in [4.69, 9.17) is 5.11 Å². The van der Waals surface area contributed by atoms with Crippen molar-refractivity contribution in [1.82, 2.24) is 4.57 Å². The molecule has 0 radical (unpaired) electrons. The molecule has 84 valence electrons. The van der Waals surface area contributed by atoms with Crippen LogP contribution in [0.1, 0.15) is 37.2 Å². The smallest absolute Gasteiger partial charge is 0.179 e. The van der Waals surface area contributed by atoms with Crippen molar-refractivity contribution in [3.63, 3.8) is 0 Å². The van der Waals surface area contributed by atoms with E-state index in [1.54, 1.807) is 0 Å². The summed E-state index contributed by atoms with van der Waals surface area (Å²) in [7, 11) is 1.87. The van der Waals surface area contributed by atoms with E-state index in [1.165, 1.54) is 0 Å². The van der Waals surface area contributed by atoms with Crippen molar-refractivity contribution in [2.24, 2.45) is 12.5 Å². The minimum absolute atomic E-state index is 0.129. The van der Waals surface area contributed by atoms with Crippen LogP contribution in [0.3, 0.4) is 0 Å². The molecule has 0 bridgehead atoms. The highest BCUT2D eigenvalue weighted by Gasteiger charge is 2.23. The maximum atomic E-state index is 11.9. The second kappa shape index (κ2) is 4.62. The fraction of sp³-hybridized carbons (Fsp3) is 0.583. The SMILES string of the molecule is Cn1cccc1C(=O)CC(C)(C)CCO. The average Bonchev–Trinajstić information content (AvgIpc) is 2.50. The lowest BCUT2D eigenvalue weighted by atomic mass is 9.83. The fourth-order valence-electron chi connectivity index (χ4n) is 1.67. The van der Waals surface area contributed by atoms with Crippen LogP contribution in [0, 0.1) is 5.41 Å². The van der Waals surface area contributed by atoms with Crippen molar-refractivity contribution in [3.8, 4) is 0 Å². The second-order valence-corrected chi connectivity index (χ2v) is 4.74. The number of Topliss-reactive ketones (excluding diaryl/α,β-unsaturated/α-hetero) is 1. The molecule has 0 amide bonds. The highest BCUT2D eigenvalue weighted by Crippen LogP contribution is 2.26. The minimum Gasteiger partial charge on any atom is -0.396 e. The zero-order valence-electron chi connectivity index (χ0n) is 9.66. The molecule has 0 spiro atoms. The molecule has 0 saturated heterocycles. The van der Waals surface area contributed by atoms with E-state index < -0.39 is 0 Å². The van der Waals surface area contributed by atoms with Gasteiger partial charge in [0.1, 0.15) is 0 Å². The molecule has 1 aromatic rings. The van der Waals surface area contributed by atoms with Gasteiger partial charge in [-0.3, -0.25) is 4.79 Å². The molecule has 3 heteroatoms. The second-order valence-electron chi connectivity index (χ2n) is 4.74. The van der Waals surface area contributed by atoms with Crippen LogP contribution >= 0.6 is 0 Å². The van der Waals surface area contributed by atoms with Gasteiger partial charge < -0.3 is 9.67 Å². The third-order valence-electron chi connectivity index (χ3n) is 2.66. The number of aromatic nitrogens is 1. The van der Waals surface area contributed by atoms with Crippen LogP contribution in [0.15, 0.2) is 18.3 Å². The van der Waals surface area contributed by atoms with Crippen LogP contribution in [-0.2, 0) is 7.05 Å². The molecule has 3 nitrogen and oxygen atoms in total. The van der Waals surface area contributed by atoms with E-state index in [-0.39, 0.29) is 17.8 Å². The zero-order valence-corrected chi connectivity index (χ0v) is 9.66. The van der Waals surface area contributed by atoms with E-state index in [0.29, 0.717) is 12.8 Å². The number of aryl methyl sites for hydroxylation is 1. The maximum absolute atomic E-state index is 11.9. The van der Waals surface area contributed by atoms with Gasteiger partial charge in [0.2, 0.25) is 0 Å². The zero-order chi connectivity index (χ0) is 11.5. The first kappa shape index (κ1) is 12.0. The van der Waals surface area contributed by atoms with E-state index in [0.717, 1.165) is 5.69 Å². The molecule has 0 aromatic carbocycles. The highest BCUT2D eigenvalue weighted by molar-refractivity contribution is 5.95. The monoisotopic (exact) mass is 209 g/mol. The Morgan fingerprint density at radius 1 is 1.53 bits per heavy atom. The summed E-state index contributed by atoms with van der Waals surface area (Å²) >= 11 is 0. The Labute approximate surface area is 90.7 Å². The summed E-state index contributed by atoms with van der Waals surface area (Å²) in [5, 5.41) is 8.88. The predicted molar refractivity (Wildman–Crippen MR) is 59.8 cm³/mol. The molecule has 1 aromatic heterocycles. The number of carbonyl (C=O) groups is 1. The number of nitrogens with zero attached hydrogens (tertiary/aromatic N) is 1. The summed E-state index contributed by atoms with van der Waals surface area (Å²) in [5.41, 5.74) is 0.608. The number of hydrogen-bond acceptors (Lipinski definition) is 2. The largest absolute Gasteiger partial charge is 0.396 e. The van der Waals surface area contributed by atoms with Gasteiger partial charge in [0.25, 0.3) is 0 Å². The number of aliphatic hydroxyl groups excluding tert-OH is 1. The van der Waals surface area contributed by atoms with Crippen molar-refractivity contribution >= 4 is 5.78 Å². The van der Waals surface area contributed by atoms with Gasteiger partial charge in [-0.1, -0.05) is 13.8 Å². The summed E-state index contributed by atoms with van der Waals surface area (Å²) in [6.07, 6.45) is 3.00. The van der Waals surface area contributed by atoms with Crippen LogP contribution in [0.4, 0.5) is 0 Å². The molecule has 0 atom stereocenters. The quantitative estimate of drug-likeness (QED) is 0.754. The molecule has 0 aliphatic heterocycles. The Hall–Kier alpha value is -1.09. The standard InChI is InChI=1S/C12H19NO2/c1-12(2,6-8-14)9-11(15)10-5-4-7-13(10)3/h4-5,7,14H,6,8-9H2,1-3H3. The highest BCUT2D eigenvalue weighted by atomic mass is 16.3. The molecule has 15 heavy (non-hydrogen) atoms. The third kappa shape index (κ3) is 3.20. The van der Waals surface area contributed by atoms with Crippen molar-refractivity contribution < 1.29 is 9.90 Å². The number of aliphatic hydroxyl groups is 1. The summed E-state index contributed by atoms with van der Waals surface area (Å²) in [4.78, 5) is 11.9. The van der Waals surface area contributed by atoms with Gasteiger partial charge in [0.15, 0.2) is 5.78 Å². The van der Waals surface area contributed by atoms with Crippen molar-refractivity contribution in [3.05, 3.63) is 24.0 Å². The van der Waals surface area contributed by atoms with Crippen molar-refractivity contribution in [1.29, 1.82) is 0 Å². The molecule has 0 unspecified atom stereocenters. The molecular formula is C12H19NO2. The van der Waals surface area contributed by atoms with E-state index in [9.17, 15) is 4.79 Å². The molecule has 0 saturated carbocycles. The predicted octanol–water partition coefficient (Wildman–Crippen LogP) is 2.01. The molecule has 0 fully saturated rings. The van der Waals surface area contributed by atoms with Crippen LogP contribution in [0.2, 0.25) is 0 Å². The Balaban J connectivity index is 2.68. The summed E-state index contributed by atoms with van der Waals surface area (Å²) < 4.78 is 1.83. The summed E-state index contributed by atoms with van der Waals surface area (Å²) in [6.45, 7) is 4.14. The lowest BCUT2D eigenvalue weighted by Gasteiger charge is -2.22. The Morgan fingerprint density at radius 3 is 2.67 bits per heavy atom. The third-order valence-corrected chi connectivity index (χ3v) is 2.66. The van der Waals surface area contributed by atoms with Crippen LogP contribution in [0.25, 0.3) is 0 Å². The first-order valence-electron chi connectivity index (χ1n) is 5.22. The van der Waals surface area contributed by atoms with Crippen LogP contribution < -0.4 is 0 Å². The average molecular weight is 209 g/mol. The number of hydrogen-bond donors (Lipinski definition) is 1. The molecule has 0 aliphatic rings. The lowest BCUT2D eigenvalue weighted by molar-refractivity contribution is 0.0902. The van der Waals surface area contributed by atoms with Crippen molar-refractivity contribution in [2.45, 2.75) is 26.7 Å². The number of rotatable bonds is 5. The fourth-order valence-corrected chi connectivity index (χ4v) is 1.67. The van der Waals surface area contributed by atoms with Gasteiger partial charge in [0, 0.05) is 26.3 Å². The maximum Gasteiger partial charge on any atom is 0.179 e. The van der Waals surface area contributed by atoms with Gasteiger partial charge in [0.05, 0.1) is 5.69 Å². The summed E-state index contributed by atoms with van der Waals surface area (Å²) in [6, 6.07) is 3.70. The molecule has 1 rings (SSSR count). The van der Waals surface area contributed by atoms with Gasteiger partial charge in [-0.25, -0.2) is 0 Å². The molecular weight excluding hydrogens is 190 g/mol. The van der Waals surface area contributed by atoms with Crippen LogP contribution in [-0.4, -0.2) is 22.1 Å². The molecule has 1 N–H and O–H groups in total. The van der Waals surface area contributed by atoms with E-state index in [1.807, 2.05) is 43.8 Å². The lowest BCUT2D eigenvalue weighted by Crippen LogP contribution is -2.20. The first-order valence-corrected chi connectivity index (χ1v) is 5.22. The van der Waals surface area contributed by atoms with Gasteiger partial charge in [-0.05, 0) is 24.0 Å². The first-order chi connectivity index (χ1) is 6.96. The summed E-state index contributed by atoms with van der Waals surface area (Å²) in [5.74, 6) is 0.140. The minimum atomic E-state index is -0.129. The number of ketones is 1. The van der Waals surface area contributed by atoms with Gasteiger partial charge >= 0.3 is 0 Å². The Bertz CT molecular complexity index is 339. The topological polar surface area (TPSA) is 42.2 Å². The molecule has 1 heterocycles. The van der Waals surface area contributed by atoms with E-state index >= 15 is 0 Å². The number of carbonyl (C=O) groups excluding carboxylic acids is 1. The van der Waals surface area contributed by atoms with Crippen molar-refractivity contribution in [2.75, 3.05) is 6.61 Å². The molecule has 0 aliphatic carbocycles. The van der Waals surface area contributed by atoms with E-state index in [2.05, 4.69) is 0 Å². The Morgan fingerprint density at radius 2 is 2.20 bits per heavy atom. The van der Waals surface area contributed by atoms with Crippen LogP contribution in [0.5, 0.6) is 0 Å².